The fourth-order valence-electron chi connectivity index (χ4n) is 3.12. The molecule has 1 fully saturated rings. The maximum absolute atomic E-state index is 6.02. The van der Waals surface area contributed by atoms with Gasteiger partial charge in [-0.15, -0.1) is 11.6 Å². The van der Waals surface area contributed by atoms with Crippen molar-refractivity contribution in [2.45, 2.75) is 38.1 Å². The van der Waals surface area contributed by atoms with E-state index in [1.165, 1.54) is 32.1 Å². The SMILES string of the molecule is Cn1ncc2c(N(CCCl)C3CCCCC3)ncnc21. The lowest BCUT2D eigenvalue weighted by atomic mass is 9.94. The first kappa shape index (κ1) is 13.6. The van der Waals surface area contributed by atoms with E-state index in [1.54, 1.807) is 11.0 Å². The summed E-state index contributed by atoms with van der Waals surface area (Å²) >= 11 is 6.02. The molecule has 2 aromatic heterocycles. The summed E-state index contributed by atoms with van der Waals surface area (Å²) < 4.78 is 1.79. The molecular weight excluding hydrogens is 274 g/mol. The second kappa shape index (κ2) is 5.95. The Balaban J connectivity index is 2.00. The molecule has 2 aromatic rings. The number of hydrogen-bond acceptors (Lipinski definition) is 4. The average molecular weight is 294 g/mol. The van der Waals surface area contributed by atoms with Crippen LogP contribution in [-0.2, 0) is 7.05 Å². The molecule has 0 aromatic carbocycles. The number of rotatable bonds is 4. The molecule has 0 radical (unpaired) electrons. The van der Waals surface area contributed by atoms with Crippen LogP contribution in [0.5, 0.6) is 0 Å². The van der Waals surface area contributed by atoms with Crippen molar-refractivity contribution in [3.8, 4) is 0 Å². The minimum absolute atomic E-state index is 0.542. The lowest BCUT2D eigenvalue weighted by molar-refractivity contribution is 0.417. The number of aryl methyl sites for hydroxylation is 1. The first-order chi connectivity index (χ1) is 9.81. The summed E-state index contributed by atoms with van der Waals surface area (Å²) in [5.74, 6) is 1.60. The predicted molar refractivity (Wildman–Crippen MR) is 81.2 cm³/mol. The van der Waals surface area contributed by atoms with Gasteiger partial charge in [-0.2, -0.15) is 5.10 Å². The van der Waals surface area contributed by atoms with E-state index in [1.807, 2.05) is 13.2 Å². The zero-order valence-electron chi connectivity index (χ0n) is 11.8. The van der Waals surface area contributed by atoms with Gasteiger partial charge in [0.2, 0.25) is 0 Å². The molecule has 0 bridgehead atoms. The third-order valence-electron chi connectivity index (χ3n) is 4.12. The normalized spacial score (nSPS) is 16.7. The average Bonchev–Trinajstić information content (AvgIpc) is 2.88. The van der Waals surface area contributed by atoms with Crippen molar-refractivity contribution in [3.05, 3.63) is 12.5 Å². The van der Waals surface area contributed by atoms with Crippen molar-refractivity contribution in [1.82, 2.24) is 19.7 Å². The van der Waals surface area contributed by atoms with Crippen LogP contribution >= 0.6 is 11.6 Å². The van der Waals surface area contributed by atoms with Crippen LogP contribution < -0.4 is 4.90 Å². The highest BCUT2D eigenvalue weighted by Gasteiger charge is 2.24. The van der Waals surface area contributed by atoms with E-state index < -0.39 is 0 Å². The molecule has 1 aliphatic carbocycles. The monoisotopic (exact) mass is 293 g/mol. The van der Waals surface area contributed by atoms with Crippen molar-refractivity contribution in [2.24, 2.45) is 7.05 Å². The van der Waals surface area contributed by atoms with E-state index in [2.05, 4.69) is 20.0 Å². The van der Waals surface area contributed by atoms with Gasteiger partial charge < -0.3 is 4.90 Å². The first-order valence-electron chi connectivity index (χ1n) is 7.26. The van der Waals surface area contributed by atoms with Crippen molar-refractivity contribution in [2.75, 3.05) is 17.3 Å². The van der Waals surface area contributed by atoms with Gasteiger partial charge in [0.1, 0.15) is 12.1 Å². The molecule has 6 heteroatoms. The number of anilines is 1. The Labute approximate surface area is 124 Å². The maximum Gasteiger partial charge on any atom is 0.163 e. The second-order valence-corrected chi connectivity index (χ2v) is 5.75. The Morgan fingerprint density at radius 3 is 2.85 bits per heavy atom. The summed E-state index contributed by atoms with van der Waals surface area (Å²) in [4.78, 5) is 11.2. The molecule has 1 aliphatic rings. The zero-order valence-corrected chi connectivity index (χ0v) is 12.6. The number of halogens is 1. The molecule has 2 heterocycles. The quantitative estimate of drug-likeness (QED) is 0.813. The summed E-state index contributed by atoms with van der Waals surface area (Å²) in [6.07, 6.45) is 9.87. The molecule has 0 spiro atoms. The second-order valence-electron chi connectivity index (χ2n) is 5.38. The molecule has 1 saturated carbocycles. The summed E-state index contributed by atoms with van der Waals surface area (Å²) in [6.45, 7) is 0.827. The minimum atomic E-state index is 0.542. The Kier molecular flexibility index (Phi) is 4.05. The molecule has 0 unspecified atom stereocenters. The molecule has 0 saturated heterocycles. The van der Waals surface area contributed by atoms with Crippen LogP contribution in [0.15, 0.2) is 12.5 Å². The molecule has 0 N–H and O–H groups in total. The Bertz CT molecular complexity index is 576. The van der Waals surface area contributed by atoms with Gasteiger partial charge in [0.05, 0.1) is 11.6 Å². The van der Waals surface area contributed by atoms with Gasteiger partial charge in [-0.05, 0) is 12.8 Å². The molecule has 20 heavy (non-hydrogen) atoms. The van der Waals surface area contributed by atoms with Crippen molar-refractivity contribution >= 4 is 28.5 Å². The van der Waals surface area contributed by atoms with Crippen molar-refractivity contribution < 1.29 is 0 Å². The van der Waals surface area contributed by atoms with Gasteiger partial charge in [-0.25, -0.2) is 9.97 Å². The van der Waals surface area contributed by atoms with Crippen LogP contribution in [0, 0.1) is 0 Å². The summed E-state index contributed by atoms with van der Waals surface area (Å²) in [7, 11) is 1.91. The van der Waals surface area contributed by atoms with E-state index in [0.717, 1.165) is 23.4 Å². The maximum atomic E-state index is 6.02. The molecule has 108 valence electrons. The standard InChI is InChI=1S/C14H20ClN5/c1-19-13-12(9-18-19)14(17-10-16-13)20(8-7-15)11-5-3-2-4-6-11/h9-11H,2-8H2,1H3. The third-order valence-corrected chi connectivity index (χ3v) is 4.29. The van der Waals surface area contributed by atoms with Gasteiger partial charge in [0, 0.05) is 25.5 Å². The number of hydrogen-bond donors (Lipinski definition) is 0. The fourth-order valence-corrected chi connectivity index (χ4v) is 3.31. The number of nitrogens with zero attached hydrogens (tertiary/aromatic N) is 5. The van der Waals surface area contributed by atoms with Crippen molar-refractivity contribution in [1.29, 1.82) is 0 Å². The lowest BCUT2D eigenvalue weighted by Crippen LogP contribution is -2.39. The van der Waals surface area contributed by atoms with Gasteiger partial charge in [-0.3, -0.25) is 4.68 Å². The summed E-state index contributed by atoms with van der Waals surface area (Å²) in [5, 5.41) is 5.32. The Hall–Kier alpha value is -1.36. The van der Waals surface area contributed by atoms with Gasteiger partial charge in [0.15, 0.2) is 5.65 Å². The van der Waals surface area contributed by atoms with E-state index in [-0.39, 0.29) is 0 Å². The van der Waals surface area contributed by atoms with E-state index in [0.29, 0.717) is 11.9 Å². The van der Waals surface area contributed by atoms with Crippen LogP contribution in [0.25, 0.3) is 11.0 Å². The number of fused-ring (bicyclic) bond motifs is 1. The molecule has 0 amide bonds. The van der Waals surface area contributed by atoms with Gasteiger partial charge in [0.25, 0.3) is 0 Å². The van der Waals surface area contributed by atoms with E-state index in [4.69, 9.17) is 11.6 Å². The molecular formula is C14H20ClN5. The van der Waals surface area contributed by atoms with Crippen molar-refractivity contribution in [3.63, 3.8) is 0 Å². The highest BCUT2D eigenvalue weighted by molar-refractivity contribution is 6.18. The molecule has 0 atom stereocenters. The van der Waals surface area contributed by atoms with E-state index in [9.17, 15) is 0 Å². The van der Waals surface area contributed by atoms with E-state index >= 15 is 0 Å². The zero-order chi connectivity index (χ0) is 13.9. The largest absolute Gasteiger partial charge is 0.352 e. The first-order valence-corrected chi connectivity index (χ1v) is 7.80. The summed E-state index contributed by atoms with van der Waals surface area (Å²) in [6, 6.07) is 0.542. The molecule has 0 aliphatic heterocycles. The fraction of sp³-hybridized carbons (Fsp3) is 0.643. The summed E-state index contributed by atoms with van der Waals surface area (Å²) in [5.41, 5.74) is 0.880. The Morgan fingerprint density at radius 2 is 2.10 bits per heavy atom. The van der Waals surface area contributed by atoms with Crippen LogP contribution in [0.4, 0.5) is 5.82 Å². The highest BCUT2D eigenvalue weighted by atomic mass is 35.5. The van der Waals surface area contributed by atoms with Crippen LogP contribution in [0.3, 0.4) is 0 Å². The number of alkyl halides is 1. The van der Waals surface area contributed by atoms with Crippen LogP contribution in [0.2, 0.25) is 0 Å². The Morgan fingerprint density at radius 1 is 1.30 bits per heavy atom. The van der Waals surface area contributed by atoms with Crippen LogP contribution in [-0.4, -0.2) is 38.2 Å². The smallest absolute Gasteiger partial charge is 0.163 e. The van der Waals surface area contributed by atoms with Gasteiger partial charge in [-0.1, -0.05) is 19.3 Å². The lowest BCUT2D eigenvalue weighted by Gasteiger charge is -2.35. The molecule has 5 nitrogen and oxygen atoms in total. The topological polar surface area (TPSA) is 46.8 Å². The third kappa shape index (κ3) is 2.46. The highest BCUT2D eigenvalue weighted by Crippen LogP contribution is 2.29. The minimum Gasteiger partial charge on any atom is -0.352 e. The molecule has 3 rings (SSSR count). The van der Waals surface area contributed by atoms with Crippen LogP contribution in [0.1, 0.15) is 32.1 Å². The predicted octanol–water partition coefficient (Wildman–Crippen LogP) is 2.74. The van der Waals surface area contributed by atoms with Gasteiger partial charge >= 0.3 is 0 Å². The number of aromatic nitrogens is 4.